The number of hydrazone groups is 1. The SMILES string of the molecule is C=C(CN([C-]=S)/C(=C\[C-]=O)c1ccc(OC)cc1OC)N/N=C\C.[K+]. The molecule has 0 radical (unpaired) electrons. The van der Waals surface area contributed by atoms with Crippen LogP contribution in [0.3, 0.4) is 0 Å². The molecule has 0 saturated heterocycles. The Hall–Kier alpha value is -1.03. The first-order chi connectivity index (χ1) is 11.6. The Morgan fingerprint density at radius 2 is 2.16 bits per heavy atom. The van der Waals surface area contributed by atoms with Crippen LogP contribution >= 0.6 is 12.2 Å². The predicted molar refractivity (Wildman–Crippen MR) is 99.0 cm³/mol. The number of methoxy groups -OCH3 is 2. The van der Waals surface area contributed by atoms with Gasteiger partial charge in [0.25, 0.3) is 0 Å². The van der Waals surface area contributed by atoms with Crippen molar-refractivity contribution in [2.75, 3.05) is 20.8 Å². The van der Waals surface area contributed by atoms with Gasteiger partial charge in [-0.15, -0.1) is 5.70 Å². The molecule has 0 bridgehead atoms. The van der Waals surface area contributed by atoms with Gasteiger partial charge in [0.2, 0.25) is 0 Å². The van der Waals surface area contributed by atoms with Crippen LogP contribution in [0, 0.1) is 0 Å². The summed E-state index contributed by atoms with van der Waals surface area (Å²) in [7, 11) is 3.09. The average molecular weight is 385 g/mol. The van der Waals surface area contributed by atoms with Crippen molar-refractivity contribution < 1.29 is 65.7 Å². The summed E-state index contributed by atoms with van der Waals surface area (Å²) in [6.45, 7) is 5.90. The first-order valence-electron chi connectivity index (χ1n) is 6.98. The van der Waals surface area contributed by atoms with E-state index in [9.17, 15) is 4.79 Å². The number of thiocarbonyl (C=S) groups is 1. The molecule has 0 aliphatic rings. The molecule has 0 amide bonds. The van der Waals surface area contributed by atoms with Crippen LogP contribution in [0.2, 0.25) is 0 Å². The van der Waals surface area contributed by atoms with Gasteiger partial charge < -0.3 is 19.2 Å². The van der Waals surface area contributed by atoms with Gasteiger partial charge in [0.05, 0.1) is 14.2 Å². The van der Waals surface area contributed by atoms with Gasteiger partial charge in [0.15, 0.2) is 0 Å². The number of nitrogens with one attached hydrogen (secondary N) is 1. The van der Waals surface area contributed by atoms with E-state index in [1.165, 1.54) is 13.2 Å². The van der Waals surface area contributed by atoms with Crippen molar-refractivity contribution in [1.82, 2.24) is 10.3 Å². The molecule has 0 aliphatic heterocycles. The van der Waals surface area contributed by atoms with E-state index >= 15 is 0 Å². The molecule has 0 spiro atoms. The zero-order chi connectivity index (χ0) is 17.9. The van der Waals surface area contributed by atoms with Crippen molar-refractivity contribution >= 4 is 35.9 Å². The number of nitrogens with zero attached hydrogens (tertiary/aromatic N) is 2. The molecule has 0 saturated carbocycles. The van der Waals surface area contributed by atoms with Crippen molar-refractivity contribution in [3.63, 3.8) is 0 Å². The standard InChI is InChI=1S/C17H19N3O3S.K/c1-5-18-19-13(2)11-20(12-24)16(8-9-21)15-7-6-14(22-3)10-17(15)23-4;/h5-8,10,19H,2,11H2,1,3-4H3;/q-2;+1/b16-8-,18-5-;. The number of allylic oxidation sites excluding steroid dienone is 1. The number of benzene rings is 1. The number of hydrogen-bond donors (Lipinski definition) is 1. The van der Waals surface area contributed by atoms with Gasteiger partial charge in [-0.25, -0.2) is 12.2 Å². The number of carbonyl (C=O) groups excluding carboxylic acids is 1. The molecule has 1 rings (SSSR count). The van der Waals surface area contributed by atoms with E-state index in [-0.39, 0.29) is 57.9 Å². The van der Waals surface area contributed by atoms with Crippen LogP contribution in [0.15, 0.2) is 41.7 Å². The first kappa shape index (κ1) is 24.0. The Balaban J connectivity index is 0.00000576. The van der Waals surface area contributed by atoms with E-state index in [4.69, 9.17) is 21.7 Å². The quantitative estimate of drug-likeness (QED) is 0.111. The summed E-state index contributed by atoms with van der Waals surface area (Å²) in [5.74, 6) is 1.16. The predicted octanol–water partition coefficient (Wildman–Crippen LogP) is -0.596. The number of hydrogen-bond acceptors (Lipinski definition) is 6. The van der Waals surface area contributed by atoms with Crippen LogP contribution in [-0.2, 0) is 4.79 Å². The molecule has 0 unspecified atom stereocenters. The van der Waals surface area contributed by atoms with Crippen LogP contribution in [-0.4, -0.2) is 43.7 Å². The largest absolute Gasteiger partial charge is 1.00 e. The molecule has 1 N–H and O–H groups in total. The monoisotopic (exact) mass is 384 g/mol. The summed E-state index contributed by atoms with van der Waals surface area (Å²) in [6.07, 6.45) is 4.63. The minimum absolute atomic E-state index is 0. The molecule has 0 aromatic heterocycles. The molecule has 25 heavy (non-hydrogen) atoms. The molecule has 128 valence electrons. The fraction of sp³-hybridized carbons (Fsp3) is 0.235. The van der Waals surface area contributed by atoms with Crippen molar-refractivity contribution in [2.24, 2.45) is 5.10 Å². The Labute approximate surface area is 196 Å². The number of ether oxygens (including phenoxy) is 2. The third kappa shape index (κ3) is 7.39. The summed E-state index contributed by atoms with van der Waals surface area (Å²) in [6, 6.07) is 5.23. The van der Waals surface area contributed by atoms with E-state index < -0.39 is 0 Å². The maximum Gasteiger partial charge on any atom is 1.00 e. The molecule has 0 fully saturated rings. The number of rotatable bonds is 10. The second-order valence-electron chi connectivity index (χ2n) is 4.49. The van der Waals surface area contributed by atoms with E-state index in [1.54, 1.807) is 49.6 Å². The van der Waals surface area contributed by atoms with Gasteiger partial charge >= 0.3 is 51.4 Å². The second kappa shape index (κ2) is 13.2. The van der Waals surface area contributed by atoms with Crippen LogP contribution in [0.1, 0.15) is 12.5 Å². The van der Waals surface area contributed by atoms with Gasteiger partial charge in [0.1, 0.15) is 11.5 Å². The smallest absolute Gasteiger partial charge is 0.498 e. The van der Waals surface area contributed by atoms with Crippen molar-refractivity contribution in [2.45, 2.75) is 6.92 Å². The minimum Gasteiger partial charge on any atom is -0.498 e. The molecule has 0 atom stereocenters. The third-order valence-corrected chi connectivity index (χ3v) is 3.20. The Bertz CT molecular complexity index is 663. The fourth-order valence-corrected chi connectivity index (χ4v) is 2.08. The summed E-state index contributed by atoms with van der Waals surface area (Å²) in [4.78, 5) is 12.5. The Morgan fingerprint density at radius 1 is 1.44 bits per heavy atom. The third-order valence-electron chi connectivity index (χ3n) is 2.98. The van der Waals surface area contributed by atoms with Gasteiger partial charge in [-0.3, -0.25) is 5.43 Å². The summed E-state index contributed by atoms with van der Waals surface area (Å²) in [5.41, 5.74) is 7.06. The normalized spacial score (nSPS) is 10.6. The first-order valence-corrected chi connectivity index (χ1v) is 7.39. The summed E-state index contributed by atoms with van der Waals surface area (Å²) in [5, 5.41) is 3.89. The van der Waals surface area contributed by atoms with Crippen molar-refractivity contribution in [3.05, 3.63) is 42.1 Å². The summed E-state index contributed by atoms with van der Waals surface area (Å²) < 4.78 is 10.6. The van der Waals surface area contributed by atoms with E-state index in [1.807, 2.05) is 0 Å². The topological polar surface area (TPSA) is 63.2 Å². The van der Waals surface area contributed by atoms with Gasteiger partial charge in [-0.05, 0) is 24.8 Å². The molecule has 1 aromatic rings. The molecular formula is C17H19KN3O3S-. The van der Waals surface area contributed by atoms with Gasteiger partial charge in [-0.2, -0.15) is 11.2 Å². The molecular weight excluding hydrogens is 365 g/mol. The maximum absolute atomic E-state index is 11.0. The Morgan fingerprint density at radius 3 is 2.68 bits per heavy atom. The second-order valence-corrected chi connectivity index (χ2v) is 4.68. The van der Waals surface area contributed by atoms with E-state index in [2.05, 4.69) is 22.6 Å². The summed E-state index contributed by atoms with van der Waals surface area (Å²) >= 11 is 4.96. The van der Waals surface area contributed by atoms with E-state index in [0.29, 0.717) is 28.5 Å². The molecule has 6 nitrogen and oxygen atoms in total. The molecule has 0 heterocycles. The van der Waals surface area contributed by atoms with Gasteiger partial charge in [0, 0.05) is 24.5 Å². The maximum atomic E-state index is 11.0. The molecule has 8 heteroatoms. The van der Waals surface area contributed by atoms with Crippen LogP contribution in [0.25, 0.3) is 5.70 Å². The minimum atomic E-state index is 0. The van der Waals surface area contributed by atoms with E-state index in [0.717, 1.165) is 0 Å². The molecule has 1 aromatic carbocycles. The van der Waals surface area contributed by atoms with Crippen LogP contribution < -0.4 is 66.3 Å². The Kier molecular flexibility index (Phi) is 12.7. The van der Waals surface area contributed by atoms with Crippen LogP contribution in [0.4, 0.5) is 0 Å². The van der Waals surface area contributed by atoms with Crippen molar-refractivity contribution in [1.29, 1.82) is 0 Å². The fourth-order valence-electron chi connectivity index (χ4n) is 1.92. The van der Waals surface area contributed by atoms with Crippen LogP contribution in [0.5, 0.6) is 11.5 Å². The van der Waals surface area contributed by atoms with Gasteiger partial charge in [-0.1, -0.05) is 18.1 Å². The molecule has 0 aliphatic carbocycles. The zero-order valence-electron chi connectivity index (χ0n) is 14.8. The van der Waals surface area contributed by atoms with Crippen molar-refractivity contribution in [3.8, 4) is 11.5 Å². The average Bonchev–Trinajstić information content (AvgIpc) is 2.62. The zero-order valence-corrected chi connectivity index (χ0v) is 18.8.